The van der Waals surface area contributed by atoms with E-state index in [-0.39, 0.29) is 24.0 Å². The van der Waals surface area contributed by atoms with Gasteiger partial charge < -0.3 is 24.0 Å². The van der Waals surface area contributed by atoms with E-state index in [4.69, 9.17) is 0 Å². The van der Waals surface area contributed by atoms with Gasteiger partial charge in [0.25, 0.3) is 0 Å². The van der Waals surface area contributed by atoms with Crippen LogP contribution >= 0.6 is 24.0 Å². The van der Waals surface area contributed by atoms with E-state index in [2.05, 4.69) is 48.5 Å². The quantitative estimate of drug-likeness (QED) is 0.396. The van der Waals surface area contributed by atoms with Crippen molar-refractivity contribution in [3.05, 3.63) is 29.3 Å². The minimum atomic E-state index is 0. The molecule has 0 saturated heterocycles. The normalized spacial score (nSPS) is 10.0. The minimum absolute atomic E-state index is 0. The number of fused-ring (bicyclic) bond motifs is 1. The molecule has 0 aliphatic rings. The maximum absolute atomic E-state index is 4.28. The van der Waals surface area contributed by atoms with E-state index < -0.39 is 0 Å². The van der Waals surface area contributed by atoms with Crippen LogP contribution in [0.5, 0.6) is 0 Å². The van der Waals surface area contributed by atoms with Gasteiger partial charge in [0.2, 0.25) is 10.5 Å². The molecule has 0 N–H and O–H groups in total. The Labute approximate surface area is 104 Å². The summed E-state index contributed by atoms with van der Waals surface area (Å²) in [5, 5.41) is 1.31. The molecule has 0 radical (unpaired) electrons. The first-order valence-electron chi connectivity index (χ1n) is 3.80. The largest absolute Gasteiger partial charge is 1.00 e. The lowest BCUT2D eigenvalue weighted by molar-refractivity contribution is -0.647. The molecule has 1 nitrogen and oxygen atoms in total. The van der Waals surface area contributed by atoms with Crippen LogP contribution in [0.15, 0.2) is 24.3 Å². The molecule has 0 atom stereocenters. The summed E-state index contributed by atoms with van der Waals surface area (Å²) in [6, 6.07) is 8.42. The average Bonchev–Trinajstić information content (AvgIpc) is 2.44. The first kappa shape index (κ1) is 11.3. The summed E-state index contributed by atoms with van der Waals surface area (Å²) in [4.78, 5) is 0. The number of aryl methyl sites for hydroxylation is 1. The van der Waals surface area contributed by atoms with E-state index >= 15 is 0 Å². The van der Waals surface area contributed by atoms with Crippen LogP contribution in [0.25, 0.3) is 10.2 Å². The summed E-state index contributed by atoms with van der Waals surface area (Å²) in [7, 11) is 2.09. The summed E-state index contributed by atoms with van der Waals surface area (Å²) in [5.41, 5.74) is 1.30. The van der Waals surface area contributed by atoms with Gasteiger partial charge in [-0.3, -0.25) is 0 Å². The lowest BCUT2D eigenvalue weighted by atomic mass is 10.3. The first-order chi connectivity index (χ1) is 5.83. The van der Waals surface area contributed by atoms with Crippen LogP contribution in [0, 0.1) is 0 Å². The van der Waals surface area contributed by atoms with Crippen LogP contribution in [-0.2, 0) is 12.8 Å². The van der Waals surface area contributed by atoms with Gasteiger partial charge in [0.15, 0.2) is 0 Å². The second-order valence-corrected chi connectivity index (χ2v) is 4.11. The maximum Gasteiger partial charge on any atom is 0.247 e. The third kappa shape index (κ3) is 1.99. The second-order valence-electron chi connectivity index (χ2n) is 2.68. The van der Waals surface area contributed by atoms with Crippen molar-refractivity contribution in [3.8, 4) is 0 Å². The van der Waals surface area contributed by atoms with Crippen molar-refractivity contribution in [2.45, 2.75) is 5.75 Å². The van der Waals surface area contributed by atoms with Gasteiger partial charge in [0.1, 0.15) is 11.7 Å². The molecule has 0 spiro atoms. The van der Waals surface area contributed by atoms with Gasteiger partial charge in [0, 0.05) is 6.07 Å². The van der Waals surface area contributed by atoms with Crippen molar-refractivity contribution in [1.82, 2.24) is 0 Å². The molecule has 0 aliphatic carbocycles. The number of aromatic nitrogens is 1. The monoisotopic (exact) mass is 323 g/mol. The van der Waals surface area contributed by atoms with Crippen LogP contribution in [0.3, 0.4) is 0 Å². The van der Waals surface area contributed by atoms with Gasteiger partial charge in [-0.15, -0.1) is 0 Å². The number of thiol groups is 1. The Hall–Kier alpha value is 0.190. The second kappa shape index (κ2) is 4.61. The predicted molar refractivity (Wildman–Crippen MR) is 55.7 cm³/mol. The van der Waals surface area contributed by atoms with Crippen molar-refractivity contribution < 1.29 is 28.5 Å². The van der Waals surface area contributed by atoms with Gasteiger partial charge in [-0.1, -0.05) is 23.5 Å². The third-order valence-electron chi connectivity index (χ3n) is 1.96. The number of halogens is 1. The van der Waals surface area contributed by atoms with Gasteiger partial charge in [-0.2, -0.15) is 17.2 Å². The highest BCUT2D eigenvalue weighted by molar-refractivity contribution is 7.79. The predicted octanol–water partition coefficient (Wildman–Crippen LogP) is -0.840. The molecule has 0 amide bonds. The Morgan fingerprint density at radius 1 is 1.38 bits per heavy atom. The van der Waals surface area contributed by atoms with Crippen molar-refractivity contribution >= 4 is 34.2 Å². The summed E-state index contributed by atoms with van der Waals surface area (Å²) in [5.74, 6) is 0.815. The Morgan fingerprint density at radius 3 is 2.69 bits per heavy atom. The van der Waals surface area contributed by atoms with Crippen LogP contribution in [0.1, 0.15) is 5.01 Å². The molecule has 2 rings (SSSR count). The highest BCUT2D eigenvalue weighted by Crippen LogP contribution is 2.20. The van der Waals surface area contributed by atoms with Crippen LogP contribution in [0.4, 0.5) is 0 Å². The zero-order valence-corrected chi connectivity index (χ0v) is 11.1. The zero-order chi connectivity index (χ0) is 8.55. The maximum atomic E-state index is 4.28. The van der Waals surface area contributed by atoms with E-state index in [0.717, 1.165) is 5.75 Å². The number of para-hydroxylation sites is 1. The van der Waals surface area contributed by atoms with E-state index in [1.165, 1.54) is 15.2 Å². The van der Waals surface area contributed by atoms with Gasteiger partial charge in [0.05, 0.1) is 5.75 Å². The van der Waals surface area contributed by atoms with Crippen LogP contribution < -0.4 is 28.5 Å². The SMILES string of the molecule is C[n+]1c(CS)sc2ccccc21.[I-]. The van der Waals surface area contributed by atoms with E-state index in [0.29, 0.717) is 0 Å². The molecule has 1 aromatic carbocycles. The summed E-state index contributed by atoms with van der Waals surface area (Å²) >= 11 is 6.09. The van der Waals surface area contributed by atoms with Crippen molar-refractivity contribution in [2.75, 3.05) is 0 Å². The topological polar surface area (TPSA) is 3.88 Å². The molecular formula is C9H10INS2. The number of hydrogen-bond acceptors (Lipinski definition) is 2. The van der Waals surface area contributed by atoms with E-state index in [9.17, 15) is 0 Å². The molecule has 0 fully saturated rings. The lowest BCUT2D eigenvalue weighted by Gasteiger charge is -1.85. The number of thiazole rings is 1. The summed E-state index contributed by atoms with van der Waals surface area (Å²) < 4.78 is 3.54. The Balaban J connectivity index is 0.000000845. The average molecular weight is 323 g/mol. The summed E-state index contributed by atoms with van der Waals surface area (Å²) in [6.07, 6.45) is 0. The molecule has 2 aromatic rings. The van der Waals surface area contributed by atoms with Gasteiger partial charge in [-0.05, 0) is 6.07 Å². The molecular weight excluding hydrogens is 313 g/mol. The third-order valence-corrected chi connectivity index (χ3v) is 3.70. The first-order valence-corrected chi connectivity index (χ1v) is 5.25. The Bertz CT molecular complexity index is 411. The van der Waals surface area contributed by atoms with Crippen LogP contribution in [0.2, 0.25) is 0 Å². The molecule has 70 valence electrons. The Kier molecular flexibility index (Phi) is 4.00. The fraction of sp³-hybridized carbons (Fsp3) is 0.222. The van der Waals surface area contributed by atoms with E-state index in [1.54, 1.807) is 0 Å². The van der Waals surface area contributed by atoms with Crippen molar-refractivity contribution in [1.29, 1.82) is 0 Å². The fourth-order valence-electron chi connectivity index (χ4n) is 1.29. The molecule has 0 saturated carbocycles. The van der Waals surface area contributed by atoms with Crippen molar-refractivity contribution in [2.24, 2.45) is 7.05 Å². The Morgan fingerprint density at radius 2 is 2.08 bits per heavy atom. The van der Waals surface area contributed by atoms with Gasteiger partial charge >= 0.3 is 0 Å². The number of hydrogen-bond donors (Lipinski definition) is 1. The van der Waals surface area contributed by atoms with Crippen molar-refractivity contribution in [3.63, 3.8) is 0 Å². The smallest absolute Gasteiger partial charge is 0.247 e. The number of benzene rings is 1. The number of rotatable bonds is 1. The molecule has 1 heterocycles. The van der Waals surface area contributed by atoms with Gasteiger partial charge in [-0.25, -0.2) is 0 Å². The highest BCUT2D eigenvalue weighted by Gasteiger charge is 2.13. The van der Waals surface area contributed by atoms with Crippen LogP contribution in [-0.4, -0.2) is 0 Å². The highest BCUT2D eigenvalue weighted by atomic mass is 127. The standard InChI is InChI=1S/C9H9NS2.HI/c1-10-7-4-2-3-5-8(7)12-9(10)6-11;/h2-5H,6H2,1H3;1H. The zero-order valence-electron chi connectivity index (χ0n) is 7.20. The molecule has 0 bridgehead atoms. The minimum Gasteiger partial charge on any atom is -1.00 e. The molecule has 0 unspecified atom stereocenters. The van der Waals surface area contributed by atoms with E-state index in [1.807, 2.05) is 11.3 Å². The number of nitrogens with zero attached hydrogens (tertiary/aromatic N) is 1. The fourth-order valence-corrected chi connectivity index (χ4v) is 2.70. The molecule has 4 heteroatoms. The molecule has 13 heavy (non-hydrogen) atoms. The lowest BCUT2D eigenvalue weighted by Crippen LogP contribution is -3.00. The molecule has 0 aliphatic heterocycles. The summed E-state index contributed by atoms with van der Waals surface area (Å²) in [6.45, 7) is 0. The molecule has 1 aromatic heterocycles.